The fraction of sp³-hybridized carbons (Fsp3) is 0.143. The lowest BCUT2D eigenvalue weighted by Crippen LogP contribution is -2.35. The summed E-state index contributed by atoms with van der Waals surface area (Å²) >= 11 is 0. The summed E-state index contributed by atoms with van der Waals surface area (Å²) in [6.07, 6.45) is 7.42. The van der Waals surface area contributed by atoms with Crippen molar-refractivity contribution in [3.05, 3.63) is 59.8 Å². The van der Waals surface area contributed by atoms with Gasteiger partial charge in [-0.15, -0.1) is 0 Å². The Kier molecular flexibility index (Phi) is 2.37. The predicted molar refractivity (Wildman–Crippen MR) is 66.5 cm³/mol. The highest BCUT2D eigenvalue weighted by molar-refractivity contribution is 5.99. The third kappa shape index (κ3) is 1.80. The van der Waals surface area contributed by atoms with Crippen LogP contribution in [0.15, 0.2) is 59.2 Å². The minimum Gasteiger partial charge on any atom is -0.358 e. The largest absolute Gasteiger partial charge is 0.358 e. The third-order valence-corrected chi connectivity index (χ3v) is 3.02. The molecule has 0 aliphatic carbocycles. The lowest BCUT2D eigenvalue weighted by Gasteiger charge is -2.25. The van der Waals surface area contributed by atoms with E-state index in [1.807, 2.05) is 41.5 Å². The second-order valence-corrected chi connectivity index (χ2v) is 4.16. The van der Waals surface area contributed by atoms with Crippen molar-refractivity contribution in [2.24, 2.45) is 4.99 Å². The molecule has 17 heavy (non-hydrogen) atoms. The molecule has 0 saturated carbocycles. The number of benzene rings is 1. The van der Waals surface area contributed by atoms with Crippen LogP contribution in [0.2, 0.25) is 0 Å². The first-order chi connectivity index (χ1) is 8.34. The third-order valence-electron chi connectivity index (χ3n) is 3.02. The van der Waals surface area contributed by atoms with Gasteiger partial charge in [0.15, 0.2) is 0 Å². The summed E-state index contributed by atoms with van der Waals surface area (Å²) < 4.78 is 0. The molecule has 3 heteroatoms. The molecule has 1 aromatic rings. The Labute approximate surface area is 99.8 Å². The molecule has 1 atom stereocenters. The molecule has 0 radical (unpaired) electrons. The Balaban J connectivity index is 1.82. The van der Waals surface area contributed by atoms with Gasteiger partial charge in [0.1, 0.15) is 6.04 Å². The van der Waals surface area contributed by atoms with E-state index in [1.54, 1.807) is 6.21 Å². The predicted octanol–water partition coefficient (Wildman–Crippen LogP) is 1.92. The van der Waals surface area contributed by atoms with E-state index < -0.39 is 0 Å². The smallest absolute Gasteiger partial charge is 0.272 e. The van der Waals surface area contributed by atoms with Gasteiger partial charge in [0, 0.05) is 19.0 Å². The number of aliphatic imine (C=N–C) groups is 1. The maximum Gasteiger partial charge on any atom is 0.272 e. The van der Waals surface area contributed by atoms with Crippen LogP contribution in [0, 0.1) is 0 Å². The van der Waals surface area contributed by atoms with Gasteiger partial charge in [0.25, 0.3) is 5.91 Å². The van der Waals surface area contributed by atoms with Crippen LogP contribution >= 0.6 is 0 Å². The lowest BCUT2D eigenvalue weighted by atomic mass is 10.1. The van der Waals surface area contributed by atoms with Crippen molar-refractivity contribution >= 4 is 12.1 Å². The van der Waals surface area contributed by atoms with Crippen LogP contribution in [0.5, 0.6) is 0 Å². The number of nitrogens with zero attached hydrogens (tertiary/aromatic N) is 2. The number of dihydropyridines is 1. The van der Waals surface area contributed by atoms with Crippen LogP contribution in [0.4, 0.5) is 0 Å². The van der Waals surface area contributed by atoms with Crippen LogP contribution < -0.4 is 0 Å². The van der Waals surface area contributed by atoms with Gasteiger partial charge in [-0.2, -0.15) is 0 Å². The highest BCUT2D eigenvalue weighted by atomic mass is 16.1. The SMILES string of the molecule is O=C1N=CC=C2C=CN(Cc3ccccc3)C12. The van der Waals surface area contributed by atoms with Gasteiger partial charge < -0.3 is 4.90 Å². The number of carbonyl (C=O) groups is 1. The molecule has 84 valence electrons. The van der Waals surface area contributed by atoms with E-state index in [4.69, 9.17) is 0 Å². The Hall–Kier alpha value is -2.16. The normalized spacial score (nSPS) is 21.6. The van der Waals surface area contributed by atoms with Gasteiger partial charge in [-0.1, -0.05) is 30.3 Å². The maximum absolute atomic E-state index is 11.8. The van der Waals surface area contributed by atoms with Gasteiger partial charge in [-0.25, -0.2) is 4.99 Å². The average molecular weight is 224 g/mol. The number of amides is 1. The molecule has 0 aromatic heterocycles. The standard InChI is InChI=1S/C14H12N2O/c17-14-13-12(6-8-15-14)7-9-16(13)10-11-4-2-1-3-5-11/h1-9,13H,10H2. The number of allylic oxidation sites excluding steroid dienone is 1. The Morgan fingerprint density at radius 1 is 1.24 bits per heavy atom. The van der Waals surface area contributed by atoms with E-state index in [2.05, 4.69) is 17.1 Å². The summed E-state index contributed by atoms with van der Waals surface area (Å²) in [5, 5.41) is 0. The van der Waals surface area contributed by atoms with E-state index in [9.17, 15) is 4.79 Å². The number of hydrogen-bond donors (Lipinski definition) is 0. The summed E-state index contributed by atoms with van der Waals surface area (Å²) in [6.45, 7) is 0.737. The molecule has 2 aliphatic rings. The molecule has 0 bridgehead atoms. The average Bonchev–Trinajstić information content (AvgIpc) is 2.75. The maximum atomic E-state index is 11.8. The van der Waals surface area contributed by atoms with Gasteiger partial charge in [0.05, 0.1) is 0 Å². The van der Waals surface area contributed by atoms with Crippen molar-refractivity contribution in [2.45, 2.75) is 12.6 Å². The zero-order valence-corrected chi connectivity index (χ0v) is 9.28. The molecule has 1 amide bonds. The van der Waals surface area contributed by atoms with Crippen LogP contribution in [0.1, 0.15) is 5.56 Å². The minimum atomic E-state index is -0.222. The van der Waals surface area contributed by atoms with Gasteiger partial charge >= 0.3 is 0 Å². The fourth-order valence-corrected chi connectivity index (χ4v) is 2.19. The molecule has 0 spiro atoms. The monoisotopic (exact) mass is 224 g/mol. The first kappa shape index (κ1) is 10.0. The number of hydrogen-bond acceptors (Lipinski definition) is 2. The molecule has 2 heterocycles. The lowest BCUT2D eigenvalue weighted by molar-refractivity contribution is -0.120. The summed E-state index contributed by atoms with van der Waals surface area (Å²) in [4.78, 5) is 17.6. The zero-order chi connectivity index (χ0) is 11.7. The molecule has 0 fully saturated rings. The molecule has 1 aromatic carbocycles. The fourth-order valence-electron chi connectivity index (χ4n) is 2.19. The molecular weight excluding hydrogens is 212 g/mol. The summed E-state index contributed by atoms with van der Waals surface area (Å²) in [5.74, 6) is -0.0802. The number of carbonyl (C=O) groups excluding carboxylic acids is 1. The number of rotatable bonds is 2. The highest BCUT2D eigenvalue weighted by Gasteiger charge is 2.31. The van der Waals surface area contributed by atoms with Gasteiger partial charge in [0.2, 0.25) is 0 Å². The molecule has 0 saturated heterocycles. The molecule has 2 aliphatic heterocycles. The Morgan fingerprint density at radius 3 is 2.88 bits per heavy atom. The second kappa shape index (κ2) is 4.01. The van der Waals surface area contributed by atoms with Gasteiger partial charge in [-0.3, -0.25) is 4.79 Å². The van der Waals surface area contributed by atoms with Crippen molar-refractivity contribution in [3.8, 4) is 0 Å². The van der Waals surface area contributed by atoms with E-state index in [-0.39, 0.29) is 11.9 Å². The molecule has 3 rings (SSSR count). The van der Waals surface area contributed by atoms with E-state index >= 15 is 0 Å². The summed E-state index contributed by atoms with van der Waals surface area (Å²) in [5.41, 5.74) is 2.22. The van der Waals surface area contributed by atoms with E-state index in [0.29, 0.717) is 0 Å². The van der Waals surface area contributed by atoms with E-state index in [1.165, 1.54) is 5.56 Å². The van der Waals surface area contributed by atoms with Crippen LogP contribution in [0.25, 0.3) is 0 Å². The minimum absolute atomic E-state index is 0.0802. The topological polar surface area (TPSA) is 32.7 Å². The van der Waals surface area contributed by atoms with Crippen LogP contribution in [0.3, 0.4) is 0 Å². The molecule has 1 unspecified atom stereocenters. The quantitative estimate of drug-likeness (QED) is 0.768. The number of fused-ring (bicyclic) bond motifs is 1. The van der Waals surface area contributed by atoms with Gasteiger partial charge in [-0.05, 0) is 23.3 Å². The second-order valence-electron chi connectivity index (χ2n) is 4.16. The molecular formula is C14H12N2O. The van der Waals surface area contributed by atoms with Crippen molar-refractivity contribution in [1.29, 1.82) is 0 Å². The molecule has 0 N–H and O–H groups in total. The first-order valence-electron chi connectivity index (χ1n) is 5.60. The van der Waals surface area contributed by atoms with Crippen LogP contribution in [-0.2, 0) is 11.3 Å². The summed E-state index contributed by atoms with van der Waals surface area (Å²) in [7, 11) is 0. The first-order valence-corrected chi connectivity index (χ1v) is 5.60. The van der Waals surface area contributed by atoms with Crippen molar-refractivity contribution in [1.82, 2.24) is 4.90 Å². The highest BCUT2D eigenvalue weighted by Crippen LogP contribution is 2.25. The zero-order valence-electron chi connectivity index (χ0n) is 9.28. The van der Waals surface area contributed by atoms with Crippen molar-refractivity contribution in [3.63, 3.8) is 0 Å². The summed E-state index contributed by atoms with van der Waals surface area (Å²) in [6, 6.07) is 9.91. The molecule has 3 nitrogen and oxygen atoms in total. The van der Waals surface area contributed by atoms with Crippen LogP contribution in [-0.4, -0.2) is 23.1 Å². The Bertz CT molecular complexity index is 528. The van der Waals surface area contributed by atoms with Crippen molar-refractivity contribution < 1.29 is 4.79 Å². The van der Waals surface area contributed by atoms with Crippen molar-refractivity contribution in [2.75, 3.05) is 0 Å². The van der Waals surface area contributed by atoms with E-state index in [0.717, 1.165) is 12.1 Å². The Morgan fingerprint density at radius 2 is 2.06 bits per heavy atom.